The summed E-state index contributed by atoms with van der Waals surface area (Å²) in [4.78, 5) is 19.0. The molecule has 0 radical (unpaired) electrons. The molecule has 1 aliphatic rings. The number of pyridine rings is 1. The van der Waals surface area contributed by atoms with Gasteiger partial charge >= 0.3 is 6.18 Å². The molecule has 2 aromatic rings. The lowest BCUT2D eigenvalue weighted by Gasteiger charge is -2.34. The Labute approximate surface area is 195 Å². The van der Waals surface area contributed by atoms with Crippen LogP contribution >= 0.6 is 0 Å². The zero-order chi connectivity index (χ0) is 24.9. The van der Waals surface area contributed by atoms with E-state index in [-0.39, 0.29) is 17.7 Å². The Morgan fingerprint density at radius 3 is 2.27 bits per heavy atom. The monoisotopic (exact) mass is 462 g/mol. The van der Waals surface area contributed by atoms with Gasteiger partial charge in [-0.3, -0.25) is 9.69 Å². The molecule has 5 nitrogen and oxygen atoms in total. The molecule has 33 heavy (non-hydrogen) atoms. The molecular weight excluding hydrogens is 429 g/mol. The maximum Gasteiger partial charge on any atom is 0.416 e. The van der Waals surface area contributed by atoms with Gasteiger partial charge in [-0.15, -0.1) is 6.42 Å². The van der Waals surface area contributed by atoms with E-state index >= 15 is 0 Å². The fourth-order valence-corrected chi connectivity index (χ4v) is 3.23. The van der Waals surface area contributed by atoms with Crippen LogP contribution in [0.2, 0.25) is 0 Å². The van der Waals surface area contributed by atoms with Gasteiger partial charge in [-0.1, -0.05) is 38.8 Å². The molecular formula is C25H33F3N4O. The fourth-order valence-electron chi connectivity index (χ4n) is 3.23. The Morgan fingerprint density at radius 1 is 1.12 bits per heavy atom. The SMILES string of the molecule is C#Cc1ccnc(NC)c1.CC.CCN1CCN(Cc2ccc(C=O)cc2C(F)(F)F)CC1. The number of aldehydes is 1. The highest BCUT2D eigenvalue weighted by molar-refractivity contribution is 5.75. The second-order valence-electron chi connectivity index (χ2n) is 7.07. The van der Waals surface area contributed by atoms with E-state index in [2.05, 4.69) is 28.0 Å². The van der Waals surface area contributed by atoms with Crippen molar-refractivity contribution in [3.8, 4) is 12.3 Å². The maximum atomic E-state index is 13.1. The number of hydrogen-bond donors (Lipinski definition) is 1. The van der Waals surface area contributed by atoms with Crippen molar-refractivity contribution in [3.05, 3.63) is 58.8 Å². The van der Waals surface area contributed by atoms with E-state index in [9.17, 15) is 18.0 Å². The van der Waals surface area contributed by atoms with Gasteiger partial charge in [0, 0.05) is 57.1 Å². The van der Waals surface area contributed by atoms with Gasteiger partial charge in [0.1, 0.15) is 12.1 Å². The molecule has 0 atom stereocenters. The molecule has 0 unspecified atom stereocenters. The summed E-state index contributed by atoms with van der Waals surface area (Å²) in [7, 11) is 1.81. The molecule has 180 valence electrons. The Morgan fingerprint density at radius 2 is 1.76 bits per heavy atom. The Balaban J connectivity index is 0.000000380. The topological polar surface area (TPSA) is 48.5 Å². The van der Waals surface area contributed by atoms with Gasteiger partial charge in [-0.2, -0.15) is 13.2 Å². The lowest BCUT2D eigenvalue weighted by atomic mass is 10.0. The summed E-state index contributed by atoms with van der Waals surface area (Å²) in [5.74, 6) is 3.32. The van der Waals surface area contributed by atoms with Gasteiger partial charge in [0.05, 0.1) is 5.56 Å². The van der Waals surface area contributed by atoms with Crippen molar-refractivity contribution in [3.63, 3.8) is 0 Å². The van der Waals surface area contributed by atoms with E-state index in [4.69, 9.17) is 6.42 Å². The zero-order valence-electron chi connectivity index (χ0n) is 19.7. The number of likely N-dealkylation sites (N-methyl/N-ethyl adjacent to an activating group) is 1. The maximum absolute atomic E-state index is 13.1. The molecule has 1 N–H and O–H groups in total. The van der Waals surface area contributed by atoms with E-state index in [0.29, 0.717) is 6.29 Å². The Kier molecular flexibility index (Phi) is 12.2. The largest absolute Gasteiger partial charge is 0.416 e. The van der Waals surface area contributed by atoms with Crippen LogP contribution in [0.15, 0.2) is 36.5 Å². The highest BCUT2D eigenvalue weighted by atomic mass is 19.4. The average molecular weight is 463 g/mol. The van der Waals surface area contributed by atoms with Gasteiger partial charge in [0.25, 0.3) is 0 Å². The van der Waals surface area contributed by atoms with Gasteiger partial charge in [-0.25, -0.2) is 4.98 Å². The number of hydrogen-bond acceptors (Lipinski definition) is 5. The Hall–Kier alpha value is -2.89. The molecule has 0 bridgehead atoms. The number of nitrogens with zero attached hydrogens (tertiary/aromatic N) is 3. The predicted molar refractivity (Wildman–Crippen MR) is 127 cm³/mol. The highest BCUT2D eigenvalue weighted by Crippen LogP contribution is 2.33. The van der Waals surface area contributed by atoms with Crippen molar-refractivity contribution in [1.29, 1.82) is 0 Å². The quantitative estimate of drug-likeness (QED) is 0.512. The molecule has 1 aromatic heterocycles. The molecule has 1 saturated heterocycles. The average Bonchev–Trinajstić information content (AvgIpc) is 2.85. The molecule has 1 aliphatic heterocycles. The summed E-state index contributed by atoms with van der Waals surface area (Å²) in [5, 5.41) is 2.90. The minimum atomic E-state index is -4.43. The number of anilines is 1. The normalized spacial score (nSPS) is 14.1. The number of aromatic nitrogens is 1. The van der Waals surface area contributed by atoms with Crippen LogP contribution in [0.5, 0.6) is 0 Å². The summed E-state index contributed by atoms with van der Waals surface area (Å²) in [6.07, 6.45) is 2.86. The van der Waals surface area contributed by atoms with Crippen LogP contribution < -0.4 is 5.32 Å². The minimum Gasteiger partial charge on any atom is -0.373 e. The number of carbonyl (C=O) groups is 1. The first-order chi connectivity index (χ1) is 15.8. The van der Waals surface area contributed by atoms with Crippen molar-refractivity contribution in [2.75, 3.05) is 45.1 Å². The number of piperazine rings is 1. The predicted octanol–water partition coefficient (Wildman–Crippen LogP) is 4.79. The lowest BCUT2D eigenvalue weighted by Crippen LogP contribution is -2.45. The standard InChI is InChI=1S/C15H19F3N2O.C8H8N2.C2H6/c1-2-19-5-7-20(8-6-19)10-13-4-3-12(11-21)9-14(13)15(16,17)18;1-3-7-4-5-10-8(6-7)9-2;1-2/h3-4,9,11H,2,5-8,10H2,1H3;1,4-6H,2H3,(H,9,10);1-2H3. The van der Waals surface area contributed by atoms with Crippen LogP contribution in [-0.2, 0) is 12.7 Å². The third kappa shape index (κ3) is 9.24. The molecule has 0 saturated carbocycles. The van der Waals surface area contributed by atoms with Crippen LogP contribution in [0.4, 0.5) is 19.0 Å². The molecule has 1 fully saturated rings. The van der Waals surface area contributed by atoms with E-state index in [0.717, 1.165) is 50.2 Å². The molecule has 1 aromatic carbocycles. The zero-order valence-corrected chi connectivity index (χ0v) is 19.7. The van der Waals surface area contributed by atoms with Crippen LogP contribution in [0.25, 0.3) is 0 Å². The number of nitrogens with one attached hydrogen (secondary N) is 1. The fraction of sp³-hybridized carbons (Fsp3) is 0.440. The minimum absolute atomic E-state index is 0.0573. The van der Waals surface area contributed by atoms with Gasteiger partial charge in [0.15, 0.2) is 0 Å². The van der Waals surface area contributed by atoms with Crippen LogP contribution in [0.1, 0.15) is 47.8 Å². The molecule has 8 heteroatoms. The number of halogens is 3. The molecule has 0 amide bonds. The third-order valence-electron chi connectivity index (χ3n) is 5.06. The smallest absolute Gasteiger partial charge is 0.373 e. The first-order valence-corrected chi connectivity index (χ1v) is 11.0. The summed E-state index contributed by atoms with van der Waals surface area (Å²) in [6, 6.07) is 7.41. The second kappa shape index (κ2) is 14.3. The molecule has 3 rings (SSSR count). The van der Waals surface area contributed by atoms with Crippen LogP contribution in [0.3, 0.4) is 0 Å². The summed E-state index contributed by atoms with van der Waals surface area (Å²) in [5.41, 5.74) is 0.435. The van der Waals surface area contributed by atoms with Crippen molar-refractivity contribution < 1.29 is 18.0 Å². The Bertz CT molecular complexity index is 901. The van der Waals surface area contributed by atoms with Crippen molar-refractivity contribution in [2.45, 2.75) is 33.5 Å². The van der Waals surface area contributed by atoms with Gasteiger partial charge in [-0.05, 0) is 30.3 Å². The van der Waals surface area contributed by atoms with Gasteiger partial charge in [0.2, 0.25) is 0 Å². The molecule has 2 heterocycles. The summed E-state index contributed by atoms with van der Waals surface area (Å²) >= 11 is 0. The van der Waals surface area contributed by atoms with Crippen LogP contribution in [0, 0.1) is 12.3 Å². The van der Waals surface area contributed by atoms with Crippen molar-refractivity contribution >= 4 is 12.1 Å². The van der Waals surface area contributed by atoms with E-state index in [1.54, 1.807) is 12.3 Å². The highest BCUT2D eigenvalue weighted by Gasteiger charge is 2.34. The molecule has 0 spiro atoms. The third-order valence-corrected chi connectivity index (χ3v) is 5.06. The van der Waals surface area contributed by atoms with Crippen molar-refractivity contribution in [1.82, 2.24) is 14.8 Å². The van der Waals surface area contributed by atoms with Crippen LogP contribution in [-0.4, -0.2) is 60.8 Å². The lowest BCUT2D eigenvalue weighted by molar-refractivity contribution is -0.138. The molecule has 0 aliphatic carbocycles. The van der Waals surface area contributed by atoms with E-state index < -0.39 is 11.7 Å². The van der Waals surface area contributed by atoms with E-state index in [1.165, 1.54) is 12.1 Å². The first-order valence-electron chi connectivity index (χ1n) is 11.0. The van der Waals surface area contributed by atoms with Crippen molar-refractivity contribution in [2.24, 2.45) is 0 Å². The summed E-state index contributed by atoms with van der Waals surface area (Å²) < 4.78 is 39.3. The number of benzene rings is 1. The number of carbonyl (C=O) groups excluding carboxylic acids is 1. The second-order valence-corrected chi connectivity index (χ2v) is 7.07. The summed E-state index contributed by atoms with van der Waals surface area (Å²) in [6.45, 7) is 10.6. The number of rotatable bonds is 5. The first kappa shape index (κ1) is 28.1. The number of alkyl halides is 3. The van der Waals surface area contributed by atoms with Gasteiger partial charge < -0.3 is 10.2 Å². The van der Waals surface area contributed by atoms with E-state index in [1.807, 2.05) is 31.9 Å². The number of terminal acetylenes is 1.